The van der Waals surface area contributed by atoms with Gasteiger partial charge in [0, 0.05) is 80.8 Å². The molecule has 3 heterocycles. The minimum atomic E-state index is -4.51. The van der Waals surface area contributed by atoms with Crippen LogP contribution in [0.3, 0.4) is 0 Å². The Balaban J connectivity index is 0.00000205. The van der Waals surface area contributed by atoms with Crippen LogP contribution in [0.4, 0.5) is 13.2 Å². The van der Waals surface area contributed by atoms with Crippen LogP contribution in [0.5, 0.6) is 0 Å². The molecular weight excluding hydrogens is 631 g/mol. The van der Waals surface area contributed by atoms with E-state index < -0.39 is 11.7 Å². The molecule has 5 rings (SSSR count). The summed E-state index contributed by atoms with van der Waals surface area (Å²) in [4.78, 5) is 24.7. The van der Waals surface area contributed by atoms with Crippen molar-refractivity contribution >= 4 is 54.7 Å². The number of carbonyl (C=O) groups is 1. The lowest BCUT2D eigenvalue weighted by atomic mass is 9.99. The minimum absolute atomic E-state index is 0. The van der Waals surface area contributed by atoms with E-state index in [1.165, 1.54) is 11.3 Å². The van der Waals surface area contributed by atoms with E-state index in [1.807, 2.05) is 36.5 Å². The van der Waals surface area contributed by atoms with Gasteiger partial charge < -0.3 is 4.90 Å². The van der Waals surface area contributed by atoms with Gasteiger partial charge in [0.1, 0.15) is 0 Å². The maximum absolute atomic E-state index is 13.6. The fraction of sp³-hybridized carbons (Fsp3) is 0.400. The minimum Gasteiger partial charge on any atom is -0.333 e. The summed E-state index contributed by atoms with van der Waals surface area (Å²) in [7, 11) is 0. The number of hydrogen-bond acceptors (Lipinski definition) is 4. The van der Waals surface area contributed by atoms with Crippen molar-refractivity contribution in [1.82, 2.24) is 19.7 Å². The normalized spacial score (nSPS) is 17.4. The van der Waals surface area contributed by atoms with Crippen molar-refractivity contribution in [2.75, 3.05) is 39.3 Å². The highest BCUT2D eigenvalue weighted by atomic mass is 35.5. The van der Waals surface area contributed by atoms with E-state index in [0.717, 1.165) is 50.3 Å². The average molecular weight is 666 g/mol. The van der Waals surface area contributed by atoms with Crippen molar-refractivity contribution in [1.29, 1.82) is 0 Å². The Kier molecular flexibility index (Phi) is 13.4. The smallest absolute Gasteiger partial charge is 0.333 e. The molecule has 2 aromatic carbocycles. The van der Waals surface area contributed by atoms with Crippen molar-refractivity contribution in [3.63, 3.8) is 0 Å². The third-order valence-corrected chi connectivity index (χ3v) is 7.89. The number of nitrogens with zero attached hydrogens (tertiary/aromatic N) is 4. The predicted molar refractivity (Wildman–Crippen MR) is 168 cm³/mol. The van der Waals surface area contributed by atoms with E-state index in [4.69, 9.17) is 11.6 Å². The second-order valence-corrected chi connectivity index (χ2v) is 10.9. The third kappa shape index (κ3) is 8.97. The molecule has 42 heavy (non-hydrogen) atoms. The highest BCUT2D eigenvalue weighted by molar-refractivity contribution is 6.30. The van der Waals surface area contributed by atoms with Crippen LogP contribution in [-0.2, 0) is 25.6 Å². The number of benzene rings is 2. The molecule has 0 radical (unpaired) electrons. The summed E-state index contributed by atoms with van der Waals surface area (Å²) in [6, 6.07) is 15.1. The van der Waals surface area contributed by atoms with Gasteiger partial charge in [0.2, 0.25) is 0 Å². The lowest BCUT2D eigenvalue weighted by Crippen LogP contribution is -2.57. The van der Waals surface area contributed by atoms with E-state index in [-0.39, 0.29) is 54.7 Å². The molecule has 2 aliphatic rings. The molecule has 1 saturated heterocycles. The number of alkyl halides is 3. The zero-order valence-electron chi connectivity index (χ0n) is 23.1. The lowest BCUT2D eigenvalue weighted by molar-refractivity contribution is -0.137. The molecule has 0 N–H and O–H groups in total. The van der Waals surface area contributed by atoms with Crippen LogP contribution in [0.15, 0.2) is 60.8 Å². The van der Waals surface area contributed by atoms with Gasteiger partial charge in [-0.05, 0) is 66.4 Å². The molecule has 230 valence electrons. The molecule has 1 amide bonds. The van der Waals surface area contributed by atoms with Gasteiger partial charge in [-0.1, -0.05) is 29.8 Å². The highest BCUT2D eigenvalue weighted by Gasteiger charge is 2.35. The Bertz CT molecular complexity index is 1330. The van der Waals surface area contributed by atoms with Gasteiger partial charge in [0.25, 0.3) is 5.91 Å². The van der Waals surface area contributed by atoms with Crippen molar-refractivity contribution < 1.29 is 18.0 Å². The number of amides is 1. The molecule has 1 fully saturated rings. The monoisotopic (exact) mass is 664 g/mol. The molecular formula is C30H35Cl4F3N4O. The number of fused-ring (bicyclic) bond motifs is 1. The highest BCUT2D eigenvalue weighted by Crippen LogP contribution is 2.31. The predicted octanol–water partition coefficient (Wildman–Crippen LogP) is 6.76. The number of aryl methyl sites for hydroxylation is 1. The fourth-order valence-corrected chi connectivity index (χ4v) is 5.72. The Morgan fingerprint density at radius 2 is 1.69 bits per heavy atom. The molecule has 5 nitrogen and oxygen atoms in total. The van der Waals surface area contributed by atoms with Crippen molar-refractivity contribution in [2.24, 2.45) is 0 Å². The van der Waals surface area contributed by atoms with Crippen LogP contribution < -0.4 is 0 Å². The largest absolute Gasteiger partial charge is 0.416 e. The molecule has 0 unspecified atom stereocenters. The van der Waals surface area contributed by atoms with Gasteiger partial charge in [-0.2, -0.15) is 13.2 Å². The standard InChI is InChI=1S/C30H32ClF3N4O.3ClH/c1-21-15-24(18-25(16-21)30(32,33)34)29(39)38-14-13-37(20-27(38)17-22-4-6-26(31)7-5-22)12-11-36-10-8-28-23(19-36)3-2-9-35-28;;;/h2-7,9,15-16,18,27H,8,10-14,17,19-20H2,1H3;3*1H/t27-;;;/m1.../s1. The first-order valence-electron chi connectivity index (χ1n) is 13.3. The van der Waals surface area contributed by atoms with Crippen LogP contribution in [-0.4, -0.2) is 70.9 Å². The molecule has 1 aromatic heterocycles. The molecule has 0 spiro atoms. The Labute approximate surface area is 268 Å². The van der Waals surface area contributed by atoms with E-state index in [0.29, 0.717) is 36.6 Å². The zero-order valence-corrected chi connectivity index (χ0v) is 26.4. The number of piperazine rings is 1. The molecule has 2 aliphatic heterocycles. The Morgan fingerprint density at radius 3 is 2.40 bits per heavy atom. The molecule has 12 heteroatoms. The van der Waals surface area contributed by atoms with Crippen molar-refractivity contribution in [2.45, 2.75) is 38.5 Å². The molecule has 0 aliphatic carbocycles. The van der Waals surface area contributed by atoms with E-state index in [1.54, 1.807) is 17.9 Å². The van der Waals surface area contributed by atoms with Gasteiger partial charge in [-0.15, -0.1) is 37.2 Å². The average Bonchev–Trinajstić information content (AvgIpc) is 2.92. The summed E-state index contributed by atoms with van der Waals surface area (Å²) in [5, 5.41) is 0.634. The van der Waals surface area contributed by atoms with E-state index in [2.05, 4.69) is 20.9 Å². The van der Waals surface area contributed by atoms with Gasteiger partial charge in [-0.25, -0.2) is 0 Å². The summed E-state index contributed by atoms with van der Waals surface area (Å²) >= 11 is 6.08. The van der Waals surface area contributed by atoms with E-state index in [9.17, 15) is 18.0 Å². The Morgan fingerprint density at radius 1 is 0.976 bits per heavy atom. The van der Waals surface area contributed by atoms with Crippen LogP contribution in [0, 0.1) is 6.92 Å². The third-order valence-electron chi connectivity index (χ3n) is 7.64. The zero-order chi connectivity index (χ0) is 27.6. The number of halogens is 7. The number of carbonyl (C=O) groups excluding carboxylic acids is 1. The maximum atomic E-state index is 13.6. The first-order chi connectivity index (χ1) is 18.7. The van der Waals surface area contributed by atoms with Crippen molar-refractivity contribution in [3.8, 4) is 0 Å². The molecule has 3 aromatic rings. The number of rotatable bonds is 6. The second kappa shape index (κ2) is 15.6. The fourth-order valence-electron chi connectivity index (χ4n) is 5.59. The number of pyridine rings is 1. The van der Waals surface area contributed by atoms with Crippen LogP contribution in [0.25, 0.3) is 0 Å². The molecule has 0 saturated carbocycles. The van der Waals surface area contributed by atoms with Gasteiger partial charge in [-0.3, -0.25) is 19.6 Å². The summed E-state index contributed by atoms with van der Waals surface area (Å²) in [6.45, 7) is 6.98. The summed E-state index contributed by atoms with van der Waals surface area (Å²) < 4.78 is 40.4. The van der Waals surface area contributed by atoms with Gasteiger partial charge in [0.15, 0.2) is 0 Å². The lowest BCUT2D eigenvalue weighted by Gasteiger charge is -2.42. The maximum Gasteiger partial charge on any atom is 0.416 e. The topological polar surface area (TPSA) is 39.7 Å². The van der Waals surface area contributed by atoms with E-state index >= 15 is 0 Å². The van der Waals surface area contributed by atoms with Crippen LogP contribution in [0.1, 0.15) is 38.3 Å². The number of aromatic nitrogens is 1. The molecule has 0 bridgehead atoms. The number of hydrogen-bond donors (Lipinski definition) is 0. The quantitative estimate of drug-likeness (QED) is 0.292. The Hall–Kier alpha value is -2.07. The summed E-state index contributed by atoms with van der Waals surface area (Å²) in [6.07, 6.45) is -1.13. The first-order valence-corrected chi connectivity index (χ1v) is 13.7. The summed E-state index contributed by atoms with van der Waals surface area (Å²) in [5.41, 5.74) is 3.18. The summed E-state index contributed by atoms with van der Waals surface area (Å²) in [5.74, 6) is -0.358. The van der Waals surface area contributed by atoms with Crippen molar-refractivity contribution in [3.05, 3.63) is 99.3 Å². The van der Waals surface area contributed by atoms with Crippen LogP contribution >= 0.6 is 48.8 Å². The molecule has 1 atom stereocenters. The van der Waals surface area contributed by atoms with Crippen LogP contribution in [0.2, 0.25) is 5.02 Å². The SMILES string of the molecule is Cc1cc(C(=O)N2CCN(CCN3CCc4ncccc4C3)C[C@H]2Cc2ccc(Cl)cc2)cc(C(F)(F)F)c1.Cl.Cl.Cl. The van der Waals surface area contributed by atoms with Gasteiger partial charge >= 0.3 is 6.18 Å². The first kappa shape index (κ1) is 36.1. The second-order valence-electron chi connectivity index (χ2n) is 10.5. The van der Waals surface area contributed by atoms with Gasteiger partial charge in [0.05, 0.1) is 5.56 Å².